The van der Waals surface area contributed by atoms with Gasteiger partial charge in [0, 0.05) is 23.7 Å². The smallest absolute Gasteiger partial charge is 0.350 e. The van der Waals surface area contributed by atoms with Crippen LogP contribution in [0.2, 0.25) is 0 Å². The van der Waals surface area contributed by atoms with E-state index in [-0.39, 0.29) is 5.56 Å². The monoisotopic (exact) mass is 540 g/mol. The van der Waals surface area contributed by atoms with Gasteiger partial charge < -0.3 is 10.6 Å². The van der Waals surface area contributed by atoms with Crippen LogP contribution in [0.1, 0.15) is 45.6 Å². The fourth-order valence-electron chi connectivity index (χ4n) is 4.48. The van der Waals surface area contributed by atoms with E-state index in [1.54, 1.807) is 13.1 Å². The number of hydrogen-bond donors (Lipinski definition) is 2. The molecule has 1 atom stereocenters. The molecule has 0 aliphatic heterocycles. The van der Waals surface area contributed by atoms with Crippen LogP contribution in [0.5, 0.6) is 0 Å². The van der Waals surface area contributed by atoms with E-state index in [0.29, 0.717) is 12.5 Å². The molecule has 0 aliphatic rings. The lowest BCUT2D eigenvalue weighted by atomic mass is 9.95. The van der Waals surface area contributed by atoms with Gasteiger partial charge in [-0.3, -0.25) is 4.79 Å². The van der Waals surface area contributed by atoms with Crippen molar-refractivity contribution in [1.29, 1.82) is 0 Å². The Morgan fingerprint density at radius 2 is 1.73 bits per heavy atom. The number of fused-ring (bicyclic) bond motifs is 1. The van der Waals surface area contributed by atoms with Gasteiger partial charge in [-0.05, 0) is 78.1 Å². The molecule has 0 bridgehead atoms. The predicted octanol–water partition coefficient (Wildman–Crippen LogP) is 7.73. The van der Waals surface area contributed by atoms with Crippen LogP contribution in [-0.2, 0) is 12.7 Å². The lowest BCUT2D eigenvalue weighted by molar-refractivity contribution is -0.137. The van der Waals surface area contributed by atoms with Crippen molar-refractivity contribution >= 4 is 22.8 Å². The van der Waals surface area contributed by atoms with Gasteiger partial charge in [-0.2, -0.15) is 13.2 Å². The summed E-state index contributed by atoms with van der Waals surface area (Å²) in [6, 6.07) is 25.8. The number of nitrogens with zero attached hydrogens (tertiary/aromatic N) is 2. The maximum atomic E-state index is 13.1. The molecule has 5 aromatic rings. The topological polar surface area (TPSA) is 66.9 Å². The minimum atomic E-state index is -4.51. The first kappa shape index (κ1) is 26.9. The Bertz CT molecular complexity index is 1670. The molecule has 0 fully saturated rings. The van der Waals surface area contributed by atoms with E-state index in [9.17, 15) is 18.0 Å². The molecule has 0 radical (unpaired) electrons. The van der Waals surface area contributed by atoms with Crippen molar-refractivity contribution in [2.75, 3.05) is 5.32 Å². The molecule has 202 valence electrons. The Morgan fingerprint density at radius 1 is 0.925 bits per heavy atom. The number of aryl methyl sites for hydroxylation is 1. The number of alkyl halides is 3. The zero-order valence-corrected chi connectivity index (χ0v) is 22.0. The number of carbonyl (C=O) groups is 1. The third kappa shape index (κ3) is 6.12. The van der Waals surface area contributed by atoms with Gasteiger partial charge in [-0.25, -0.2) is 9.97 Å². The van der Waals surface area contributed by atoms with Crippen molar-refractivity contribution in [2.45, 2.75) is 32.6 Å². The van der Waals surface area contributed by atoms with Crippen LogP contribution in [0.15, 0.2) is 97.2 Å². The second-order valence-corrected chi connectivity index (χ2v) is 9.65. The number of hydrogen-bond acceptors (Lipinski definition) is 4. The largest absolute Gasteiger partial charge is 0.416 e. The molecule has 1 heterocycles. The van der Waals surface area contributed by atoms with E-state index in [1.165, 1.54) is 12.1 Å². The normalized spacial score (nSPS) is 12.2. The van der Waals surface area contributed by atoms with E-state index in [2.05, 4.69) is 20.6 Å². The van der Waals surface area contributed by atoms with Crippen LogP contribution in [0.3, 0.4) is 0 Å². The molecular weight excluding hydrogens is 513 g/mol. The van der Waals surface area contributed by atoms with E-state index in [4.69, 9.17) is 0 Å². The number of benzene rings is 4. The third-order valence-electron chi connectivity index (χ3n) is 6.75. The van der Waals surface area contributed by atoms with Crippen molar-refractivity contribution in [1.82, 2.24) is 15.3 Å². The highest BCUT2D eigenvalue weighted by molar-refractivity contribution is 5.94. The average Bonchev–Trinajstić information content (AvgIpc) is 2.96. The van der Waals surface area contributed by atoms with Gasteiger partial charge in [0.05, 0.1) is 17.1 Å². The molecule has 5 nitrogen and oxygen atoms in total. The summed E-state index contributed by atoms with van der Waals surface area (Å²) >= 11 is 0. The second-order valence-electron chi connectivity index (χ2n) is 9.65. The molecule has 1 aromatic heterocycles. The Balaban J connectivity index is 1.33. The summed E-state index contributed by atoms with van der Waals surface area (Å²) < 4.78 is 39.2. The van der Waals surface area contributed by atoms with Crippen LogP contribution in [0.4, 0.5) is 19.1 Å². The number of amides is 1. The van der Waals surface area contributed by atoms with E-state index in [1.807, 2.05) is 73.7 Å². The highest BCUT2D eigenvalue weighted by Gasteiger charge is 2.31. The van der Waals surface area contributed by atoms with Gasteiger partial charge in [-0.1, -0.05) is 54.6 Å². The van der Waals surface area contributed by atoms with Crippen molar-refractivity contribution in [3.63, 3.8) is 0 Å². The highest BCUT2D eigenvalue weighted by Crippen LogP contribution is 2.31. The standard InChI is InChI=1S/C32H27F3N4O/c1-20-11-12-23(21(2)38-30(40)25-9-6-10-27(16-25)32(33,34)35)17-28(20)24-13-14-29-26(15-24)19-37-31(39-29)36-18-22-7-4-3-5-8-22/h3-17,19,21H,18H2,1-2H3,(H,38,40)(H,36,37,39). The fourth-order valence-corrected chi connectivity index (χ4v) is 4.48. The molecule has 0 saturated heterocycles. The van der Waals surface area contributed by atoms with Gasteiger partial charge in [0.25, 0.3) is 5.91 Å². The highest BCUT2D eigenvalue weighted by atomic mass is 19.4. The molecule has 1 amide bonds. The predicted molar refractivity (Wildman–Crippen MR) is 151 cm³/mol. The maximum Gasteiger partial charge on any atom is 0.416 e. The zero-order chi connectivity index (χ0) is 28.3. The summed E-state index contributed by atoms with van der Waals surface area (Å²) in [5.74, 6) is -0.0205. The summed E-state index contributed by atoms with van der Waals surface area (Å²) in [5, 5.41) is 6.96. The van der Waals surface area contributed by atoms with Crippen LogP contribution >= 0.6 is 0 Å². The Labute approximate surface area is 230 Å². The van der Waals surface area contributed by atoms with Crippen molar-refractivity contribution in [2.24, 2.45) is 0 Å². The lowest BCUT2D eigenvalue weighted by Gasteiger charge is -2.17. The summed E-state index contributed by atoms with van der Waals surface area (Å²) in [5.41, 5.74) is 4.87. The number of halogens is 3. The summed E-state index contributed by atoms with van der Waals surface area (Å²) in [4.78, 5) is 21.8. The lowest BCUT2D eigenvalue weighted by Crippen LogP contribution is -2.27. The number of aromatic nitrogens is 2. The molecule has 4 aromatic carbocycles. The quantitative estimate of drug-likeness (QED) is 0.222. The molecule has 2 N–H and O–H groups in total. The Morgan fingerprint density at radius 3 is 2.50 bits per heavy atom. The molecule has 0 saturated carbocycles. The molecule has 1 unspecified atom stereocenters. The third-order valence-corrected chi connectivity index (χ3v) is 6.75. The maximum absolute atomic E-state index is 13.1. The number of carbonyl (C=O) groups excluding carboxylic acids is 1. The van der Waals surface area contributed by atoms with Crippen molar-refractivity contribution < 1.29 is 18.0 Å². The molecule has 0 spiro atoms. The van der Waals surface area contributed by atoms with Gasteiger partial charge >= 0.3 is 6.18 Å². The van der Waals surface area contributed by atoms with E-state index < -0.39 is 23.7 Å². The number of anilines is 1. The minimum absolute atomic E-state index is 0.0406. The summed E-state index contributed by atoms with van der Waals surface area (Å²) in [6.07, 6.45) is -2.73. The fraction of sp³-hybridized carbons (Fsp3) is 0.156. The molecule has 40 heavy (non-hydrogen) atoms. The Kier molecular flexibility index (Phi) is 7.51. The van der Waals surface area contributed by atoms with Gasteiger partial charge in [0.1, 0.15) is 0 Å². The number of rotatable bonds is 7. The summed E-state index contributed by atoms with van der Waals surface area (Å²) in [6.45, 7) is 4.43. The summed E-state index contributed by atoms with van der Waals surface area (Å²) in [7, 11) is 0. The molecule has 5 rings (SSSR count). The number of nitrogens with one attached hydrogen (secondary N) is 2. The van der Waals surface area contributed by atoms with Crippen LogP contribution in [0, 0.1) is 6.92 Å². The minimum Gasteiger partial charge on any atom is -0.350 e. The van der Waals surface area contributed by atoms with Gasteiger partial charge in [0.2, 0.25) is 5.95 Å². The van der Waals surface area contributed by atoms with Gasteiger partial charge in [-0.15, -0.1) is 0 Å². The van der Waals surface area contributed by atoms with Crippen LogP contribution in [0.25, 0.3) is 22.0 Å². The first-order valence-electron chi connectivity index (χ1n) is 12.8. The van der Waals surface area contributed by atoms with Crippen LogP contribution in [-0.4, -0.2) is 15.9 Å². The van der Waals surface area contributed by atoms with Crippen molar-refractivity contribution in [3.05, 3.63) is 125 Å². The first-order valence-corrected chi connectivity index (χ1v) is 12.8. The average molecular weight is 541 g/mol. The van der Waals surface area contributed by atoms with Crippen LogP contribution < -0.4 is 10.6 Å². The molecule has 0 aliphatic carbocycles. The Hall–Kier alpha value is -4.72. The first-order chi connectivity index (χ1) is 19.2. The van der Waals surface area contributed by atoms with Crippen molar-refractivity contribution in [3.8, 4) is 11.1 Å². The molecule has 8 heteroatoms. The SMILES string of the molecule is Cc1ccc(C(C)NC(=O)c2cccc(C(F)(F)F)c2)cc1-c1ccc2nc(NCc3ccccc3)ncc2c1. The molecular formula is C32H27F3N4O. The van der Waals surface area contributed by atoms with E-state index >= 15 is 0 Å². The van der Waals surface area contributed by atoms with Gasteiger partial charge in [0.15, 0.2) is 0 Å². The van der Waals surface area contributed by atoms with E-state index in [0.717, 1.165) is 50.9 Å². The zero-order valence-electron chi connectivity index (χ0n) is 22.0. The second kappa shape index (κ2) is 11.2.